The third-order valence-corrected chi connectivity index (χ3v) is 5.65. The van der Waals surface area contributed by atoms with Crippen molar-refractivity contribution in [2.45, 2.75) is 13.3 Å². The van der Waals surface area contributed by atoms with Crippen molar-refractivity contribution in [3.05, 3.63) is 68.6 Å². The van der Waals surface area contributed by atoms with Crippen LogP contribution in [0.3, 0.4) is 0 Å². The van der Waals surface area contributed by atoms with Crippen LogP contribution in [0.15, 0.2) is 47.4 Å². The van der Waals surface area contributed by atoms with Gasteiger partial charge in [0.05, 0.1) is 15.5 Å². The molecule has 0 radical (unpaired) electrons. The van der Waals surface area contributed by atoms with Crippen LogP contribution in [-0.2, 0) is 9.59 Å². The fourth-order valence-electron chi connectivity index (χ4n) is 2.67. The number of nitro groups is 1. The van der Waals surface area contributed by atoms with E-state index in [0.717, 1.165) is 29.3 Å². The summed E-state index contributed by atoms with van der Waals surface area (Å²) in [6.45, 7) is 2.03. The van der Waals surface area contributed by atoms with Gasteiger partial charge in [-0.05, 0) is 24.6 Å². The van der Waals surface area contributed by atoms with Crippen LogP contribution < -0.4 is 5.32 Å². The number of nitro benzene ring substituents is 1. The van der Waals surface area contributed by atoms with E-state index >= 15 is 0 Å². The molecule has 30 heavy (non-hydrogen) atoms. The number of carbonyl (C=O) groups excluding carboxylic acids is 2. The summed E-state index contributed by atoms with van der Waals surface area (Å²) in [6, 6.07) is 11.0. The Labute approximate surface area is 181 Å². The Balaban J connectivity index is 1.63. The summed E-state index contributed by atoms with van der Waals surface area (Å²) in [6.07, 6.45) is 1.66. The van der Waals surface area contributed by atoms with E-state index in [-0.39, 0.29) is 36.0 Å². The summed E-state index contributed by atoms with van der Waals surface area (Å²) < 4.78 is 0.351. The minimum atomic E-state index is -0.629. The first-order chi connectivity index (χ1) is 14.2. The van der Waals surface area contributed by atoms with E-state index in [1.54, 1.807) is 6.08 Å². The molecule has 2 N–H and O–H groups in total. The van der Waals surface area contributed by atoms with E-state index in [4.69, 9.17) is 12.2 Å². The Morgan fingerprint density at radius 2 is 2.00 bits per heavy atom. The standard InChI is InChI=1S/C20H17N3O5S2/c1-12-2-4-13(5-3-12)10-17-19(26)22(20(29)30-17)9-8-18(25)21-15-11-14(23(27)28)6-7-16(15)24/h2-7,10-11,24H,8-9H2,1H3,(H,21,25). The van der Waals surface area contributed by atoms with Crippen molar-refractivity contribution in [1.82, 2.24) is 4.90 Å². The number of benzene rings is 2. The Bertz CT molecular complexity index is 1070. The van der Waals surface area contributed by atoms with E-state index in [9.17, 15) is 24.8 Å². The van der Waals surface area contributed by atoms with Gasteiger partial charge in [-0.15, -0.1) is 0 Å². The molecule has 0 aromatic heterocycles. The third-order valence-electron chi connectivity index (χ3n) is 4.28. The smallest absolute Gasteiger partial charge is 0.271 e. The summed E-state index contributed by atoms with van der Waals surface area (Å²) in [5.74, 6) is -1.08. The molecule has 10 heteroatoms. The number of phenols is 1. The molecule has 0 bridgehead atoms. The number of nitrogens with one attached hydrogen (secondary N) is 1. The summed E-state index contributed by atoms with van der Waals surface area (Å²) in [7, 11) is 0. The van der Waals surface area contributed by atoms with Crippen molar-refractivity contribution in [2.75, 3.05) is 11.9 Å². The molecule has 3 rings (SSSR count). The Morgan fingerprint density at radius 3 is 2.67 bits per heavy atom. The van der Waals surface area contributed by atoms with Crippen LogP contribution in [-0.4, -0.2) is 37.6 Å². The van der Waals surface area contributed by atoms with Crippen molar-refractivity contribution < 1.29 is 19.6 Å². The van der Waals surface area contributed by atoms with Crippen LogP contribution in [0, 0.1) is 17.0 Å². The van der Waals surface area contributed by atoms with Crippen molar-refractivity contribution in [1.29, 1.82) is 0 Å². The highest BCUT2D eigenvalue weighted by molar-refractivity contribution is 8.26. The molecule has 1 aliphatic heterocycles. The molecule has 1 aliphatic rings. The summed E-state index contributed by atoms with van der Waals surface area (Å²) in [5.41, 5.74) is 1.65. The lowest BCUT2D eigenvalue weighted by Gasteiger charge is -2.14. The van der Waals surface area contributed by atoms with Gasteiger partial charge in [-0.1, -0.05) is 53.8 Å². The number of thioether (sulfide) groups is 1. The number of aryl methyl sites for hydroxylation is 1. The van der Waals surface area contributed by atoms with Gasteiger partial charge in [0.1, 0.15) is 10.1 Å². The molecule has 0 unspecified atom stereocenters. The second-order valence-electron chi connectivity index (χ2n) is 6.50. The van der Waals surface area contributed by atoms with Gasteiger partial charge in [-0.3, -0.25) is 24.6 Å². The largest absolute Gasteiger partial charge is 0.506 e. The van der Waals surface area contributed by atoms with Gasteiger partial charge in [0.15, 0.2) is 0 Å². The first-order valence-corrected chi connectivity index (χ1v) is 10.1. The number of rotatable bonds is 6. The van der Waals surface area contributed by atoms with Gasteiger partial charge in [0.25, 0.3) is 11.6 Å². The zero-order valence-corrected chi connectivity index (χ0v) is 17.5. The summed E-state index contributed by atoms with van der Waals surface area (Å²) in [5, 5.41) is 23.1. The number of nitrogens with zero attached hydrogens (tertiary/aromatic N) is 2. The molecule has 0 spiro atoms. The normalized spacial score (nSPS) is 15.0. The number of hydrogen-bond acceptors (Lipinski definition) is 7. The number of anilines is 1. The quantitative estimate of drug-likeness (QED) is 0.229. The molecule has 2 amide bonds. The third kappa shape index (κ3) is 5.02. The number of carbonyl (C=O) groups is 2. The van der Waals surface area contributed by atoms with Crippen LogP contribution in [0.2, 0.25) is 0 Å². The molecular weight excluding hydrogens is 426 g/mol. The van der Waals surface area contributed by atoms with Crippen molar-refractivity contribution in [3.8, 4) is 5.75 Å². The second kappa shape index (κ2) is 9.06. The molecule has 0 saturated carbocycles. The zero-order chi connectivity index (χ0) is 21.8. The lowest BCUT2D eigenvalue weighted by atomic mass is 10.1. The Kier molecular flexibility index (Phi) is 6.48. The fourth-order valence-corrected chi connectivity index (χ4v) is 3.98. The van der Waals surface area contributed by atoms with E-state index < -0.39 is 10.8 Å². The van der Waals surface area contributed by atoms with Crippen LogP contribution in [0.25, 0.3) is 6.08 Å². The van der Waals surface area contributed by atoms with Gasteiger partial charge in [-0.25, -0.2) is 0 Å². The Hall–Kier alpha value is -3.24. The van der Waals surface area contributed by atoms with Crippen molar-refractivity contribution in [2.24, 2.45) is 0 Å². The zero-order valence-electron chi connectivity index (χ0n) is 15.8. The van der Waals surface area contributed by atoms with E-state index in [2.05, 4.69) is 5.32 Å². The molecule has 1 fully saturated rings. The van der Waals surface area contributed by atoms with Gasteiger partial charge < -0.3 is 10.4 Å². The minimum absolute atomic E-state index is 0.0530. The lowest BCUT2D eigenvalue weighted by molar-refractivity contribution is -0.384. The number of phenolic OH excluding ortho intramolecular Hbond substituents is 1. The molecule has 1 saturated heterocycles. The molecular formula is C20H17N3O5S2. The molecule has 0 aliphatic carbocycles. The number of amides is 2. The number of hydrogen-bond donors (Lipinski definition) is 2. The van der Waals surface area contributed by atoms with E-state index in [1.807, 2.05) is 31.2 Å². The molecule has 8 nitrogen and oxygen atoms in total. The van der Waals surface area contributed by atoms with Crippen molar-refractivity contribution >= 4 is 57.6 Å². The van der Waals surface area contributed by atoms with Crippen LogP contribution in [0.4, 0.5) is 11.4 Å². The predicted octanol–water partition coefficient (Wildman–Crippen LogP) is 3.84. The average molecular weight is 444 g/mol. The topological polar surface area (TPSA) is 113 Å². The highest BCUT2D eigenvalue weighted by atomic mass is 32.2. The van der Waals surface area contributed by atoms with Gasteiger partial charge in [0, 0.05) is 25.1 Å². The summed E-state index contributed by atoms with van der Waals surface area (Å²) >= 11 is 6.43. The van der Waals surface area contributed by atoms with Crippen LogP contribution >= 0.6 is 24.0 Å². The summed E-state index contributed by atoms with van der Waals surface area (Å²) in [4.78, 5) is 36.9. The number of thiocarbonyl (C=S) groups is 1. The maximum atomic E-state index is 12.6. The van der Waals surface area contributed by atoms with E-state index in [0.29, 0.717) is 9.23 Å². The highest BCUT2D eigenvalue weighted by Gasteiger charge is 2.32. The average Bonchev–Trinajstić information content (AvgIpc) is 2.96. The van der Waals surface area contributed by atoms with Crippen LogP contribution in [0.1, 0.15) is 17.5 Å². The second-order valence-corrected chi connectivity index (χ2v) is 8.18. The molecule has 2 aromatic carbocycles. The first kappa shape index (κ1) is 21.5. The molecule has 154 valence electrons. The van der Waals surface area contributed by atoms with Crippen molar-refractivity contribution in [3.63, 3.8) is 0 Å². The highest BCUT2D eigenvalue weighted by Crippen LogP contribution is 2.33. The lowest BCUT2D eigenvalue weighted by Crippen LogP contribution is -2.31. The predicted molar refractivity (Wildman–Crippen MR) is 119 cm³/mol. The minimum Gasteiger partial charge on any atom is -0.506 e. The SMILES string of the molecule is Cc1ccc(C=C2SC(=S)N(CCC(=O)Nc3cc([N+](=O)[O-])ccc3O)C2=O)cc1. The molecule has 0 atom stereocenters. The number of non-ortho nitro benzene ring substituents is 1. The van der Waals surface area contributed by atoms with Gasteiger partial charge in [-0.2, -0.15) is 0 Å². The van der Waals surface area contributed by atoms with Gasteiger partial charge in [0.2, 0.25) is 5.91 Å². The fraction of sp³-hybridized carbons (Fsp3) is 0.150. The van der Waals surface area contributed by atoms with Gasteiger partial charge >= 0.3 is 0 Å². The van der Waals surface area contributed by atoms with Crippen LogP contribution in [0.5, 0.6) is 5.75 Å². The first-order valence-electron chi connectivity index (χ1n) is 8.84. The monoisotopic (exact) mass is 443 g/mol. The maximum Gasteiger partial charge on any atom is 0.271 e. The molecule has 1 heterocycles. The van der Waals surface area contributed by atoms with E-state index in [1.165, 1.54) is 16.7 Å². The Morgan fingerprint density at radius 1 is 1.30 bits per heavy atom. The maximum absolute atomic E-state index is 12.6. The molecule has 2 aromatic rings. The number of aromatic hydroxyl groups is 1.